The summed E-state index contributed by atoms with van der Waals surface area (Å²) >= 11 is 0. The number of piperidine rings is 1. The molecule has 0 radical (unpaired) electrons. The van der Waals surface area contributed by atoms with Crippen LogP contribution < -0.4 is 0 Å². The first-order valence-electron chi connectivity index (χ1n) is 8.11. The molecule has 0 spiro atoms. The molecule has 1 aliphatic rings. The molecule has 2 aromatic rings. The van der Waals surface area contributed by atoms with Gasteiger partial charge in [-0.25, -0.2) is 0 Å². The Hall–Kier alpha value is -2.69. The number of aryl methyl sites for hydroxylation is 1. The van der Waals surface area contributed by atoms with E-state index in [1.807, 2.05) is 43.3 Å². The van der Waals surface area contributed by atoms with Crippen LogP contribution >= 0.6 is 0 Å². The van der Waals surface area contributed by atoms with Crippen LogP contribution in [0, 0.1) is 12.8 Å². The third-order valence-corrected chi connectivity index (χ3v) is 4.44. The van der Waals surface area contributed by atoms with Crippen LogP contribution in [0.5, 0.6) is 0 Å². The average Bonchev–Trinajstić information content (AvgIpc) is 2.62. The van der Waals surface area contributed by atoms with Gasteiger partial charge in [0.25, 0.3) is 5.91 Å². The standard InChI is InChI=1S/C19H20N2O3/c1-13-16(9-10-17(20-13)14-6-3-2-4-7-14)18(22)21-11-5-8-15(12-21)19(23)24/h2-4,6-7,9-10,15H,5,8,11-12H2,1H3,(H,23,24)/t15-/m1/s1. The van der Waals surface area contributed by atoms with Crippen LogP contribution in [-0.4, -0.2) is 40.0 Å². The van der Waals surface area contributed by atoms with Crippen molar-refractivity contribution in [2.75, 3.05) is 13.1 Å². The second kappa shape index (κ2) is 6.83. The van der Waals surface area contributed by atoms with Gasteiger partial charge in [-0.05, 0) is 31.9 Å². The van der Waals surface area contributed by atoms with Gasteiger partial charge in [-0.2, -0.15) is 0 Å². The molecule has 1 aromatic carbocycles. The van der Waals surface area contributed by atoms with Gasteiger partial charge in [0.15, 0.2) is 0 Å². The van der Waals surface area contributed by atoms with Crippen LogP contribution in [0.2, 0.25) is 0 Å². The molecule has 0 unspecified atom stereocenters. The fraction of sp³-hybridized carbons (Fsp3) is 0.316. The summed E-state index contributed by atoms with van der Waals surface area (Å²) in [6, 6.07) is 13.4. The monoisotopic (exact) mass is 324 g/mol. The number of rotatable bonds is 3. The van der Waals surface area contributed by atoms with E-state index < -0.39 is 11.9 Å². The SMILES string of the molecule is Cc1nc(-c2ccccc2)ccc1C(=O)N1CCC[C@@H](C(=O)O)C1. The minimum atomic E-state index is -0.832. The molecular formula is C19H20N2O3. The first kappa shape index (κ1) is 16.2. The van der Waals surface area contributed by atoms with Gasteiger partial charge < -0.3 is 10.0 Å². The molecule has 5 nitrogen and oxygen atoms in total. The van der Waals surface area contributed by atoms with Crippen LogP contribution in [0.25, 0.3) is 11.3 Å². The number of carbonyl (C=O) groups is 2. The Morgan fingerprint density at radius 3 is 2.58 bits per heavy atom. The van der Waals surface area contributed by atoms with Gasteiger partial charge in [-0.1, -0.05) is 30.3 Å². The Kier molecular flexibility index (Phi) is 4.60. The van der Waals surface area contributed by atoms with Crippen molar-refractivity contribution in [1.29, 1.82) is 0 Å². The van der Waals surface area contributed by atoms with E-state index >= 15 is 0 Å². The van der Waals surface area contributed by atoms with E-state index in [2.05, 4.69) is 4.98 Å². The van der Waals surface area contributed by atoms with Crippen LogP contribution in [0.4, 0.5) is 0 Å². The fourth-order valence-corrected chi connectivity index (χ4v) is 3.09. The molecule has 0 saturated carbocycles. The van der Waals surface area contributed by atoms with Gasteiger partial charge >= 0.3 is 5.97 Å². The Morgan fingerprint density at radius 1 is 1.17 bits per heavy atom. The van der Waals surface area contributed by atoms with Crippen LogP contribution in [0.15, 0.2) is 42.5 Å². The number of hydrogen-bond acceptors (Lipinski definition) is 3. The number of amides is 1. The van der Waals surface area contributed by atoms with E-state index in [-0.39, 0.29) is 12.5 Å². The molecule has 1 fully saturated rings. The van der Waals surface area contributed by atoms with E-state index in [0.29, 0.717) is 24.2 Å². The third-order valence-electron chi connectivity index (χ3n) is 4.44. The van der Waals surface area contributed by atoms with E-state index in [1.54, 1.807) is 11.0 Å². The first-order valence-corrected chi connectivity index (χ1v) is 8.11. The summed E-state index contributed by atoms with van der Waals surface area (Å²) in [7, 11) is 0. The number of carbonyl (C=O) groups excluding carboxylic acids is 1. The van der Waals surface area contributed by atoms with Crippen LogP contribution in [-0.2, 0) is 4.79 Å². The molecule has 124 valence electrons. The maximum absolute atomic E-state index is 12.7. The number of aromatic nitrogens is 1. The summed E-state index contributed by atoms with van der Waals surface area (Å²) in [6.07, 6.45) is 1.35. The van der Waals surface area contributed by atoms with Crippen molar-refractivity contribution in [1.82, 2.24) is 9.88 Å². The van der Waals surface area contributed by atoms with Crippen molar-refractivity contribution in [2.45, 2.75) is 19.8 Å². The van der Waals surface area contributed by atoms with Crippen LogP contribution in [0.3, 0.4) is 0 Å². The maximum atomic E-state index is 12.7. The molecule has 1 aromatic heterocycles. The zero-order valence-electron chi connectivity index (χ0n) is 13.6. The van der Waals surface area contributed by atoms with Gasteiger partial charge in [0, 0.05) is 18.7 Å². The lowest BCUT2D eigenvalue weighted by Gasteiger charge is -2.31. The number of carboxylic acid groups (broad SMARTS) is 1. The maximum Gasteiger partial charge on any atom is 0.308 e. The Balaban J connectivity index is 1.82. The minimum absolute atomic E-state index is 0.134. The third kappa shape index (κ3) is 3.30. The van der Waals surface area contributed by atoms with Crippen molar-refractivity contribution in [3.8, 4) is 11.3 Å². The quantitative estimate of drug-likeness (QED) is 0.942. The lowest BCUT2D eigenvalue weighted by Crippen LogP contribution is -2.42. The van der Waals surface area contributed by atoms with Crippen molar-refractivity contribution in [2.24, 2.45) is 5.92 Å². The lowest BCUT2D eigenvalue weighted by atomic mass is 9.97. The van der Waals surface area contributed by atoms with Gasteiger partial charge in [-0.3, -0.25) is 14.6 Å². The van der Waals surface area contributed by atoms with Crippen molar-refractivity contribution in [3.63, 3.8) is 0 Å². The van der Waals surface area contributed by atoms with Gasteiger partial charge in [0.05, 0.1) is 22.9 Å². The molecular weight excluding hydrogens is 304 g/mol. The van der Waals surface area contributed by atoms with E-state index in [9.17, 15) is 14.7 Å². The smallest absolute Gasteiger partial charge is 0.308 e. The number of likely N-dealkylation sites (tertiary alicyclic amines) is 1. The van der Waals surface area contributed by atoms with E-state index in [0.717, 1.165) is 17.7 Å². The molecule has 1 amide bonds. The summed E-state index contributed by atoms with van der Waals surface area (Å²) in [5.74, 6) is -1.44. The fourth-order valence-electron chi connectivity index (χ4n) is 3.09. The van der Waals surface area contributed by atoms with Crippen molar-refractivity contribution < 1.29 is 14.7 Å². The van der Waals surface area contributed by atoms with E-state index in [4.69, 9.17) is 0 Å². The number of carboxylic acids is 1. The summed E-state index contributed by atoms with van der Waals surface area (Å²) in [5, 5.41) is 9.18. The molecule has 0 bridgehead atoms. The highest BCUT2D eigenvalue weighted by Gasteiger charge is 2.29. The molecule has 1 atom stereocenters. The average molecular weight is 324 g/mol. The predicted molar refractivity (Wildman–Crippen MR) is 90.7 cm³/mol. The molecule has 3 rings (SSSR count). The van der Waals surface area contributed by atoms with E-state index in [1.165, 1.54) is 0 Å². The largest absolute Gasteiger partial charge is 0.481 e. The number of benzene rings is 1. The minimum Gasteiger partial charge on any atom is -0.481 e. The highest BCUT2D eigenvalue weighted by atomic mass is 16.4. The molecule has 24 heavy (non-hydrogen) atoms. The number of pyridine rings is 1. The number of nitrogens with zero attached hydrogens (tertiary/aromatic N) is 2. The predicted octanol–water partition coefficient (Wildman–Crippen LogP) is 2.99. The summed E-state index contributed by atoms with van der Waals surface area (Å²) < 4.78 is 0. The molecule has 1 aliphatic heterocycles. The number of hydrogen-bond donors (Lipinski definition) is 1. The second-order valence-electron chi connectivity index (χ2n) is 6.12. The Morgan fingerprint density at radius 2 is 1.92 bits per heavy atom. The van der Waals surface area contributed by atoms with Crippen molar-refractivity contribution in [3.05, 3.63) is 53.7 Å². The molecule has 0 aliphatic carbocycles. The first-order chi connectivity index (χ1) is 11.6. The lowest BCUT2D eigenvalue weighted by molar-refractivity contribution is -0.143. The second-order valence-corrected chi connectivity index (χ2v) is 6.12. The topological polar surface area (TPSA) is 70.5 Å². The summed E-state index contributed by atoms with van der Waals surface area (Å²) in [6.45, 7) is 2.69. The highest BCUT2D eigenvalue weighted by molar-refractivity contribution is 5.96. The molecule has 5 heteroatoms. The van der Waals surface area contributed by atoms with Gasteiger partial charge in [-0.15, -0.1) is 0 Å². The van der Waals surface area contributed by atoms with Gasteiger partial charge in [0.2, 0.25) is 0 Å². The summed E-state index contributed by atoms with van der Waals surface area (Å²) in [5.41, 5.74) is 3.04. The molecule has 2 heterocycles. The zero-order chi connectivity index (χ0) is 17.1. The Bertz CT molecular complexity index is 758. The van der Waals surface area contributed by atoms with Gasteiger partial charge in [0.1, 0.15) is 0 Å². The molecule has 1 N–H and O–H groups in total. The Labute approximate surface area is 140 Å². The zero-order valence-corrected chi connectivity index (χ0v) is 13.6. The summed E-state index contributed by atoms with van der Waals surface area (Å²) in [4.78, 5) is 30.1. The van der Waals surface area contributed by atoms with Crippen LogP contribution in [0.1, 0.15) is 28.9 Å². The van der Waals surface area contributed by atoms with Crippen molar-refractivity contribution >= 4 is 11.9 Å². The molecule has 1 saturated heterocycles. The highest BCUT2D eigenvalue weighted by Crippen LogP contribution is 2.22. The normalized spacial score (nSPS) is 17.5. The number of aliphatic carboxylic acids is 1.